The Labute approximate surface area is 96.0 Å². The highest BCUT2D eigenvalue weighted by Gasteiger charge is 2.13. The van der Waals surface area contributed by atoms with Gasteiger partial charge in [0.1, 0.15) is 0 Å². The molecule has 1 aliphatic carbocycles. The van der Waals surface area contributed by atoms with Gasteiger partial charge in [-0.05, 0) is 31.7 Å². The summed E-state index contributed by atoms with van der Waals surface area (Å²) in [6.07, 6.45) is 12.8. The summed E-state index contributed by atoms with van der Waals surface area (Å²) in [5, 5.41) is 3.75. The maximum Gasteiger partial charge on any atom is 0.00671 e. The van der Waals surface area contributed by atoms with Gasteiger partial charge in [0, 0.05) is 6.04 Å². The lowest BCUT2D eigenvalue weighted by atomic mass is 9.94. The summed E-state index contributed by atoms with van der Waals surface area (Å²) in [7, 11) is 0. The van der Waals surface area contributed by atoms with E-state index in [4.69, 9.17) is 0 Å². The van der Waals surface area contributed by atoms with Gasteiger partial charge < -0.3 is 5.32 Å². The predicted octanol–water partition coefficient (Wildman–Crippen LogP) is 4.13. The van der Waals surface area contributed by atoms with E-state index in [1.165, 1.54) is 64.3 Å². The summed E-state index contributed by atoms with van der Waals surface area (Å²) >= 11 is 0. The van der Waals surface area contributed by atoms with Gasteiger partial charge in [-0.1, -0.05) is 52.4 Å². The van der Waals surface area contributed by atoms with E-state index in [1.54, 1.807) is 0 Å². The van der Waals surface area contributed by atoms with Crippen LogP contribution >= 0.6 is 0 Å². The molecule has 0 saturated heterocycles. The molecule has 1 aliphatic rings. The van der Waals surface area contributed by atoms with Gasteiger partial charge in [0.15, 0.2) is 0 Å². The molecule has 1 atom stereocenters. The Balaban J connectivity index is 1.97. The number of hydrogen-bond donors (Lipinski definition) is 1. The zero-order chi connectivity index (χ0) is 10.9. The van der Waals surface area contributed by atoms with Crippen LogP contribution in [-0.4, -0.2) is 12.6 Å². The number of nitrogens with one attached hydrogen (secondary N) is 1. The van der Waals surface area contributed by atoms with Crippen molar-refractivity contribution in [2.24, 2.45) is 5.92 Å². The smallest absolute Gasteiger partial charge is 0.00671 e. The third kappa shape index (κ3) is 6.19. The van der Waals surface area contributed by atoms with E-state index in [-0.39, 0.29) is 0 Å². The molecule has 0 spiro atoms. The second kappa shape index (κ2) is 8.15. The monoisotopic (exact) mass is 211 g/mol. The first-order chi connectivity index (χ1) is 7.33. The van der Waals surface area contributed by atoms with Crippen molar-refractivity contribution in [1.82, 2.24) is 5.32 Å². The fraction of sp³-hybridized carbons (Fsp3) is 1.00. The molecule has 1 fully saturated rings. The number of rotatable bonds is 7. The third-order valence-electron chi connectivity index (χ3n) is 3.66. The fourth-order valence-electron chi connectivity index (χ4n) is 2.52. The van der Waals surface area contributed by atoms with Crippen molar-refractivity contribution < 1.29 is 0 Å². The van der Waals surface area contributed by atoms with Crippen LogP contribution in [0.1, 0.15) is 71.6 Å². The molecule has 1 saturated carbocycles. The highest BCUT2D eigenvalue weighted by atomic mass is 14.9. The van der Waals surface area contributed by atoms with Crippen LogP contribution in [0, 0.1) is 5.92 Å². The van der Waals surface area contributed by atoms with E-state index in [0.717, 1.165) is 12.0 Å². The van der Waals surface area contributed by atoms with Crippen molar-refractivity contribution in [1.29, 1.82) is 0 Å². The van der Waals surface area contributed by atoms with Crippen LogP contribution < -0.4 is 5.32 Å². The fourth-order valence-corrected chi connectivity index (χ4v) is 2.52. The second-order valence-electron chi connectivity index (χ2n) is 5.34. The molecule has 15 heavy (non-hydrogen) atoms. The molecule has 0 heterocycles. The lowest BCUT2D eigenvalue weighted by Gasteiger charge is -2.24. The van der Waals surface area contributed by atoms with Crippen LogP contribution in [0.5, 0.6) is 0 Å². The van der Waals surface area contributed by atoms with Crippen molar-refractivity contribution in [2.45, 2.75) is 77.7 Å². The Morgan fingerprint density at radius 3 is 2.53 bits per heavy atom. The minimum absolute atomic E-state index is 0.840. The Morgan fingerprint density at radius 2 is 1.87 bits per heavy atom. The summed E-state index contributed by atoms with van der Waals surface area (Å²) in [6.45, 7) is 5.92. The van der Waals surface area contributed by atoms with Gasteiger partial charge in [-0.15, -0.1) is 0 Å². The quantitative estimate of drug-likeness (QED) is 0.624. The van der Waals surface area contributed by atoms with Gasteiger partial charge in [-0.2, -0.15) is 0 Å². The van der Waals surface area contributed by atoms with E-state index >= 15 is 0 Å². The lowest BCUT2D eigenvalue weighted by Crippen LogP contribution is -2.34. The Bertz CT molecular complexity index is 138. The van der Waals surface area contributed by atoms with Gasteiger partial charge in [-0.3, -0.25) is 0 Å². The first-order valence-electron chi connectivity index (χ1n) is 7.06. The van der Waals surface area contributed by atoms with Crippen molar-refractivity contribution in [2.75, 3.05) is 6.54 Å². The van der Waals surface area contributed by atoms with Gasteiger partial charge in [0.2, 0.25) is 0 Å². The van der Waals surface area contributed by atoms with Crippen molar-refractivity contribution >= 4 is 0 Å². The Kier molecular flexibility index (Phi) is 7.08. The highest BCUT2D eigenvalue weighted by molar-refractivity contribution is 4.72. The molecule has 1 rings (SSSR count). The predicted molar refractivity (Wildman–Crippen MR) is 68.2 cm³/mol. The van der Waals surface area contributed by atoms with Gasteiger partial charge in [0.05, 0.1) is 0 Å². The minimum atomic E-state index is 0.840. The first-order valence-corrected chi connectivity index (χ1v) is 7.06. The van der Waals surface area contributed by atoms with Gasteiger partial charge >= 0.3 is 0 Å². The molecule has 0 radical (unpaired) electrons. The van der Waals surface area contributed by atoms with Crippen molar-refractivity contribution in [3.05, 3.63) is 0 Å². The van der Waals surface area contributed by atoms with E-state index in [1.807, 2.05) is 0 Å². The van der Waals surface area contributed by atoms with Crippen LogP contribution in [0.2, 0.25) is 0 Å². The van der Waals surface area contributed by atoms with Crippen LogP contribution in [0.4, 0.5) is 0 Å². The number of unbranched alkanes of at least 4 members (excludes halogenated alkanes) is 2. The van der Waals surface area contributed by atoms with E-state index in [9.17, 15) is 0 Å². The normalized spacial score (nSPS) is 20.4. The molecule has 0 aromatic rings. The van der Waals surface area contributed by atoms with Crippen LogP contribution in [0.3, 0.4) is 0 Å². The SMILES string of the molecule is CCCCCC(C)CNC1CCCCC1. The summed E-state index contributed by atoms with van der Waals surface area (Å²) in [6, 6.07) is 0.840. The highest BCUT2D eigenvalue weighted by Crippen LogP contribution is 2.18. The van der Waals surface area contributed by atoms with E-state index < -0.39 is 0 Å². The van der Waals surface area contributed by atoms with Crippen molar-refractivity contribution in [3.63, 3.8) is 0 Å². The zero-order valence-corrected chi connectivity index (χ0v) is 10.7. The third-order valence-corrected chi connectivity index (χ3v) is 3.66. The number of hydrogen-bond acceptors (Lipinski definition) is 1. The van der Waals surface area contributed by atoms with Crippen LogP contribution in [0.15, 0.2) is 0 Å². The summed E-state index contributed by atoms with van der Waals surface area (Å²) < 4.78 is 0. The molecule has 0 bridgehead atoms. The zero-order valence-electron chi connectivity index (χ0n) is 10.7. The summed E-state index contributed by atoms with van der Waals surface area (Å²) in [5.41, 5.74) is 0. The molecule has 1 heteroatoms. The molecule has 0 amide bonds. The molecular formula is C14H29N. The van der Waals surface area contributed by atoms with Crippen molar-refractivity contribution in [3.8, 4) is 0 Å². The van der Waals surface area contributed by atoms with Crippen LogP contribution in [0.25, 0.3) is 0 Å². The maximum atomic E-state index is 3.75. The molecular weight excluding hydrogens is 182 g/mol. The molecule has 0 aromatic carbocycles. The van der Waals surface area contributed by atoms with E-state index in [0.29, 0.717) is 0 Å². The summed E-state index contributed by atoms with van der Waals surface area (Å²) in [4.78, 5) is 0. The lowest BCUT2D eigenvalue weighted by molar-refractivity contribution is 0.344. The molecule has 1 unspecified atom stereocenters. The van der Waals surface area contributed by atoms with Crippen LogP contribution in [-0.2, 0) is 0 Å². The van der Waals surface area contributed by atoms with Gasteiger partial charge in [-0.25, -0.2) is 0 Å². The molecule has 90 valence electrons. The maximum absolute atomic E-state index is 3.75. The Hall–Kier alpha value is -0.0400. The molecule has 1 nitrogen and oxygen atoms in total. The first kappa shape index (κ1) is 13.0. The Morgan fingerprint density at radius 1 is 1.13 bits per heavy atom. The second-order valence-corrected chi connectivity index (χ2v) is 5.34. The summed E-state index contributed by atoms with van der Waals surface area (Å²) in [5.74, 6) is 0.874. The topological polar surface area (TPSA) is 12.0 Å². The average molecular weight is 211 g/mol. The molecule has 1 N–H and O–H groups in total. The minimum Gasteiger partial charge on any atom is -0.314 e. The molecule has 0 aromatic heterocycles. The average Bonchev–Trinajstić information content (AvgIpc) is 2.28. The van der Waals surface area contributed by atoms with E-state index in [2.05, 4.69) is 19.2 Å². The standard InChI is InChI=1S/C14H29N/c1-3-4-6-9-13(2)12-15-14-10-7-5-8-11-14/h13-15H,3-12H2,1-2H3. The van der Waals surface area contributed by atoms with Gasteiger partial charge in [0.25, 0.3) is 0 Å². The molecule has 0 aliphatic heterocycles. The largest absolute Gasteiger partial charge is 0.314 e.